The highest BCUT2D eigenvalue weighted by atomic mass is 79.9. The Labute approximate surface area is 121 Å². The van der Waals surface area contributed by atoms with Gasteiger partial charge in [-0.3, -0.25) is 4.79 Å². The zero-order valence-electron chi connectivity index (χ0n) is 11.2. The molecule has 1 unspecified atom stereocenters. The number of piperazine rings is 1. The van der Waals surface area contributed by atoms with E-state index in [1.165, 1.54) is 0 Å². The van der Waals surface area contributed by atoms with Crippen LogP contribution in [0.3, 0.4) is 0 Å². The minimum absolute atomic E-state index is 0.0836. The Bertz CT molecular complexity index is 477. The lowest BCUT2D eigenvalue weighted by atomic mass is 10.1. The summed E-state index contributed by atoms with van der Waals surface area (Å²) in [5.74, 6) is 0.0836. The first kappa shape index (κ1) is 14.3. The maximum absolute atomic E-state index is 11.9. The van der Waals surface area contributed by atoms with Crippen LogP contribution >= 0.6 is 15.9 Å². The highest BCUT2D eigenvalue weighted by Crippen LogP contribution is 2.31. The predicted molar refractivity (Wildman–Crippen MR) is 79.2 cm³/mol. The first-order valence-corrected chi connectivity index (χ1v) is 7.35. The quantitative estimate of drug-likeness (QED) is 0.895. The molecule has 4 nitrogen and oxygen atoms in total. The van der Waals surface area contributed by atoms with Gasteiger partial charge >= 0.3 is 0 Å². The highest BCUT2D eigenvalue weighted by Gasteiger charge is 2.29. The summed E-state index contributed by atoms with van der Waals surface area (Å²) in [6, 6.07) is 5.67. The Morgan fingerprint density at radius 2 is 2.32 bits per heavy atom. The molecule has 1 amide bonds. The van der Waals surface area contributed by atoms with Crippen LogP contribution < -0.4 is 10.2 Å². The van der Waals surface area contributed by atoms with Crippen LogP contribution in [0.1, 0.15) is 31.9 Å². The van der Waals surface area contributed by atoms with Crippen LogP contribution in [0.15, 0.2) is 22.7 Å². The molecule has 0 spiro atoms. The van der Waals surface area contributed by atoms with E-state index in [9.17, 15) is 9.90 Å². The molecule has 1 aromatic rings. The molecular weight excluding hydrogens is 308 g/mol. The molecule has 104 valence electrons. The van der Waals surface area contributed by atoms with E-state index in [2.05, 4.69) is 26.1 Å². The van der Waals surface area contributed by atoms with E-state index >= 15 is 0 Å². The Kier molecular flexibility index (Phi) is 4.47. The van der Waals surface area contributed by atoms with E-state index in [-0.39, 0.29) is 11.9 Å². The van der Waals surface area contributed by atoms with Gasteiger partial charge in [-0.25, -0.2) is 0 Å². The van der Waals surface area contributed by atoms with Crippen molar-refractivity contribution in [3.63, 3.8) is 0 Å². The molecule has 0 aromatic heterocycles. The average molecular weight is 327 g/mol. The molecular formula is C14H19BrN2O2. The fraction of sp³-hybridized carbons (Fsp3) is 0.500. The van der Waals surface area contributed by atoms with Gasteiger partial charge in [-0.05, 0) is 47.0 Å². The van der Waals surface area contributed by atoms with Crippen LogP contribution in [-0.4, -0.2) is 30.1 Å². The van der Waals surface area contributed by atoms with Crippen LogP contribution in [0.5, 0.6) is 0 Å². The van der Waals surface area contributed by atoms with Gasteiger partial charge in [0.05, 0.1) is 11.8 Å². The molecule has 2 rings (SSSR count). The molecule has 1 aliphatic rings. The number of nitrogens with one attached hydrogen (secondary N) is 1. The number of aliphatic hydroxyl groups excluding tert-OH is 1. The van der Waals surface area contributed by atoms with Crippen molar-refractivity contribution < 1.29 is 9.90 Å². The smallest absolute Gasteiger partial charge is 0.242 e. The Morgan fingerprint density at radius 1 is 1.58 bits per heavy atom. The minimum Gasteiger partial charge on any atom is -0.389 e. The number of rotatable bonds is 3. The molecule has 0 bridgehead atoms. The molecule has 0 saturated carbocycles. The van der Waals surface area contributed by atoms with Crippen LogP contribution in [0.4, 0.5) is 5.69 Å². The van der Waals surface area contributed by atoms with Crippen molar-refractivity contribution in [1.29, 1.82) is 0 Å². The molecule has 1 heterocycles. The maximum atomic E-state index is 11.9. The van der Waals surface area contributed by atoms with E-state index in [4.69, 9.17) is 0 Å². The number of carbonyl (C=O) groups is 1. The standard InChI is InChI=1S/C14H19BrN2O2/c1-3-12-14(19)16-6-7-17(12)13-5-4-10(9(2)18)8-11(13)15/h4-5,8-9,12,18H,3,6-7H2,1-2H3,(H,16,19)/t9-,12?/m0/s1. The lowest BCUT2D eigenvalue weighted by molar-refractivity contribution is -0.123. The molecule has 1 aliphatic heterocycles. The van der Waals surface area contributed by atoms with Gasteiger partial charge in [0.1, 0.15) is 6.04 Å². The Hall–Kier alpha value is -1.07. The van der Waals surface area contributed by atoms with Gasteiger partial charge in [0.15, 0.2) is 0 Å². The molecule has 2 atom stereocenters. The van der Waals surface area contributed by atoms with Crippen LogP contribution in [0.25, 0.3) is 0 Å². The van der Waals surface area contributed by atoms with Crippen molar-refractivity contribution in [3.8, 4) is 0 Å². The Morgan fingerprint density at radius 3 is 2.89 bits per heavy atom. The van der Waals surface area contributed by atoms with E-state index in [0.717, 1.165) is 28.7 Å². The first-order chi connectivity index (χ1) is 9.04. The van der Waals surface area contributed by atoms with Gasteiger partial charge in [-0.1, -0.05) is 13.0 Å². The lowest BCUT2D eigenvalue weighted by Gasteiger charge is -2.37. The molecule has 19 heavy (non-hydrogen) atoms. The molecule has 0 aliphatic carbocycles. The second-order valence-electron chi connectivity index (χ2n) is 4.80. The van der Waals surface area contributed by atoms with Crippen LogP contribution in [0, 0.1) is 0 Å². The monoisotopic (exact) mass is 326 g/mol. The van der Waals surface area contributed by atoms with Crippen molar-refractivity contribution >= 4 is 27.5 Å². The summed E-state index contributed by atoms with van der Waals surface area (Å²) in [5, 5.41) is 12.5. The normalized spacial score (nSPS) is 21.2. The lowest BCUT2D eigenvalue weighted by Crippen LogP contribution is -2.55. The van der Waals surface area contributed by atoms with Crippen molar-refractivity contribution in [3.05, 3.63) is 28.2 Å². The van der Waals surface area contributed by atoms with Gasteiger partial charge < -0.3 is 15.3 Å². The highest BCUT2D eigenvalue weighted by molar-refractivity contribution is 9.10. The van der Waals surface area contributed by atoms with Gasteiger partial charge in [0, 0.05) is 17.6 Å². The minimum atomic E-state index is -0.489. The number of amides is 1. The molecule has 5 heteroatoms. The summed E-state index contributed by atoms with van der Waals surface area (Å²) in [6.07, 6.45) is 0.285. The topological polar surface area (TPSA) is 52.6 Å². The van der Waals surface area contributed by atoms with Gasteiger partial charge in [0.25, 0.3) is 0 Å². The van der Waals surface area contributed by atoms with Crippen molar-refractivity contribution in [2.24, 2.45) is 0 Å². The van der Waals surface area contributed by atoms with E-state index in [0.29, 0.717) is 6.54 Å². The summed E-state index contributed by atoms with van der Waals surface area (Å²) in [7, 11) is 0. The number of carbonyl (C=O) groups excluding carboxylic acids is 1. The van der Waals surface area contributed by atoms with Gasteiger partial charge in [-0.2, -0.15) is 0 Å². The summed E-state index contributed by atoms with van der Waals surface area (Å²) >= 11 is 3.54. The molecule has 2 N–H and O–H groups in total. The molecule has 1 aromatic carbocycles. The zero-order valence-corrected chi connectivity index (χ0v) is 12.8. The van der Waals surface area contributed by atoms with Crippen LogP contribution in [-0.2, 0) is 4.79 Å². The summed E-state index contributed by atoms with van der Waals surface area (Å²) < 4.78 is 0.916. The summed E-state index contributed by atoms with van der Waals surface area (Å²) in [6.45, 7) is 5.22. The third kappa shape index (κ3) is 2.92. The van der Waals surface area contributed by atoms with E-state index in [1.807, 2.05) is 25.1 Å². The largest absolute Gasteiger partial charge is 0.389 e. The summed E-state index contributed by atoms with van der Waals surface area (Å²) in [5.41, 5.74) is 1.87. The molecule has 1 saturated heterocycles. The SMILES string of the molecule is CCC1C(=O)NCCN1c1ccc([C@H](C)O)cc1Br. The number of anilines is 1. The third-order valence-electron chi connectivity index (χ3n) is 3.48. The summed E-state index contributed by atoms with van der Waals surface area (Å²) in [4.78, 5) is 14.0. The number of halogens is 1. The first-order valence-electron chi connectivity index (χ1n) is 6.56. The van der Waals surface area contributed by atoms with Gasteiger partial charge in [0.2, 0.25) is 5.91 Å². The molecule has 0 radical (unpaired) electrons. The van der Waals surface area contributed by atoms with Crippen molar-refractivity contribution in [1.82, 2.24) is 5.32 Å². The van der Waals surface area contributed by atoms with Crippen molar-refractivity contribution in [2.75, 3.05) is 18.0 Å². The predicted octanol–water partition coefficient (Wildman–Crippen LogP) is 2.22. The van der Waals surface area contributed by atoms with Crippen LogP contribution in [0.2, 0.25) is 0 Å². The number of hydrogen-bond donors (Lipinski definition) is 2. The fourth-order valence-electron chi connectivity index (χ4n) is 2.42. The molecule has 1 fully saturated rings. The number of hydrogen-bond acceptors (Lipinski definition) is 3. The number of aliphatic hydroxyl groups is 1. The zero-order chi connectivity index (χ0) is 14.0. The number of nitrogens with zero attached hydrogens (tertiary/aromatic N) is 1. The second-order valence-corrected chi connectivity index (χ2v) is 5.65. The van der Waals surface area contributed by atoms with Gasteiger partial charge in [-0.15, -0.1) is 0 Å². The fourth-order valence-corrected chi connectivity index (χ4v) is 3.05. The third-order valence-corrected chi connectivity index (χ3v) is 4.12. The average Bonchev–Trinajstić information content (AvgIpc) is 2.38. The van der Waals surface area contributed by atoms with Crippen molar-refractivity contribution in [2.45, 2.75) is 32.4 Å². The Balaban J connectivity index is 2.32. The van der Waals surface area contributed by atoms with E-state index in [1.54, 1.807) is 6.92 Å². The maximum Gasteiger partial charge on any atom is 0.242 e. The number of benzene rings is 1. The van der Waals surface area contributed by atoms with E-state index < -0.39 is 6.10 Å². The second kappa shape index (κ2) is 5.92.